The Kier molecular flexibility index (Phi) is 2.50. The van der Waals surface area contributed by atoms with E-state index in [1.165, 1.54) is 37.7 Å². The predicted octanol–water partition coefficient (Wildman–Crippen LogP) is 2.61. The molecule has 2 aromatic heterocycles. The fourth-order valence-electron chi connectivity index (χ4n) is 2.84. The monoisotopic (exact) mass is 230 g/mol. The van der Waals surface area contributed by atoms with Gasteiger partial charge in [0.25, 0.3) is 0 Å². The van der Waals surface area contributed by atoms with Gasteiger partial charge in [0.15, 0.2) is 5.82 Å². The van der Waals surface area contributed by atoms with Crippen LogP contribution >= 0.6 is 0 Å². The second-order valence-corrected chi connectivity index (χ2v) is 5.16. The molecule has 17 heavy (non-hydrogen) atoms. The van der Waals surface area contributed by atoms with Gasteiger partial charge in [0.1, 0.15) is 11.8 Å². The third kappa shape index (κ3) is 1.77. The average molecular weight is 230 g/mol. The molecular weight excluding hydrogens is 212 g/mol. The van der Waals surface area contributed by atoms with Crippen LogP contribution in [0.3, 0.4) is 0 Å². The van der Waals surface area contributed by atoms with Crippen molar-refractivity contribution in [3.05, 3.63) is 24.2 Å². The van der Waals surface area contributed by atoms with Crippen LogP contribution in [0.25, 0.3) is 5.52 Å². The number of nitrogens with two attached hydrogens (primary N) is 1. The normalized spacial score (nSPS) is 25.2. The van der Waals surface area contributed by atoms with E-state index in [0.717, 1.165) is 11.4 Å². The minimum absolute atomic E-state index is 0.565. The first-order valence-corrected chi connectivity index (χ1v) is 6.34. The van der Waals surface area contributed by atoms with Gasteiger partial charge >= 0.3 is 0 Å². The van der Waals surface area contributed by atoms with Crippen LogP contribution in [0.5, 0.6) is 0 Å². The lowest BCUT2D eigenvalue weighted by atomic mass is 9.81. The molecule has 1 aliphatic rings. The van der Waals surface area contributed by atoms with Gasteiger partial charge in [0.05, 0.1) is 0 Å². The van der Waals surface area contributed by atoms with Gasteiger partial charge in [-0.3, -0.25) is 0 Å². The maximum absolute atomic E-state index is 5.85. The maximum atomic E-state index is 5.85. The number of nitrogen functional groups attached to an aromatic ring is 1. The van der Waals surface area contributed by atoms with Gasteiger partial charge in [0.2, 0.25) is 0 Å². The van der Waals surface area contributed by atoms with Crippen LogP contribution in [0.1, 0.15) is 44.2 Å². The van der Waals surface area contributed by atoms with E-state index < -0.39 is 0 Å². The van der Waals surface area contributed by atoms with Crippen molar-refractivity contribution >= 4 is 11.3 Å². The van der Waals surface area contributed by atoms with Crippen LogP contribution in [0.15, 0.2) is 18.5 Å². The molecule has 2 N–H and O–H groups in total. The summed E-state index contributed by atoms with van der Waals surface area (Å²) in [4.78, 5) is 4.02. The molecule has 4 heteroatoms. The predicted molar refractivity (Wildman–Crippen MR) is 67.8 cm³/mol. The molecule has 0 bridgehead atoms. The summed E-state index contributed by atoms with van der Waals surface area (Å²) in [6, 6.07) is 4.18. The van der Waals surface area contributed by atoms with E-state index >= 15 is 0 Å². The van der Waals surface area contributed by atoms with Crippen molar-refractivity contribution in [3.8, 4) is 0 Å². The van der Waals surface area contributed by atoms with Crippen molar-refractivity contribution in [2.75, 3.05) is 5.73 Å². The first kappa shape index (κ1) is 10.6. The molecule has 0 unspecified atom stereocenters. The van der Waals surface area contributed by atoms with Crippen molar-refractivity contribution < 1.29 is 0 Å². The summed E-state index contributed by atoms with van der Waals surface area (Å²) in [6.45, 7) is 2.34. The summed E-state index contributed by atoms with van der Waals surface area (Å²) in [7, 11) is 0. The molecule has 1 fully saturated rings. The summed E-state index contributed by atoms with van der Waals surface area (Å²) in [5.74, 6) is 2.07. The molecule has 0 aliphatic heterocycles. The van der Waals surface area contributed by atoms with Crippen LogP contribution in [0.4, 0.5) is 5.82 Å². The number of rotatable bonds is 1. The summed E-state index contributed by atoms with van der Waals surface area (Å²) < 4.78 is 1.96. The lowest BCUT2D eigenvalue weighted by Crippen LogP contribution is -2.13. The van der Waals surface area contributed by atoms with Gasteiger partial charge in [-0.05, 0) is 30.9 Å². The van der Waals surface area contributed by atoms with Crippen molar-refractivity contribution in [3.63, 3.8) is 0 Å². The quantitative estimate of drug-likeness (QED) is 0.819. The number of anilines is 1. The van der Waals surface area contributed by atoms with Crippen LogP contribution in [-0.2, 0) is 0 Å². The number of fused-ring (bicyclic) bond motifs is 1. The Morgan fingerprint density at radius 3 is 2.76 bits per heavy atom. The number of hydrogen-bond acceptors (Lipinski definition) is 3. The molecule has 1 saturated carbocycles. The molecule has 2 aromatic rings. The molecule has 0 radical (unpaired) electrons. The lowest BCUT2D eigenvalue weighted by molar-refractivity contribution is 0.341. The van der Waals surface area contributed by atoms with E-state index in [1.807, 2.05) is 10.6 Å². The Morgan fingerprint density at radius 2 is 2.00 bits per heavy atom. The lowest BCUT2D eigenvalue weighted by Gasteiger charge is -2.25. The van der Waals surface area contributed by atoms with Gasteiger partial charge in [0, 0.05) is 11.6 Å². The highest BCUT2D eigenvalue weighted by molar-refractivity contribution is 5.65. The molecule has 4 nitrogen and oxygen atoms in total. The minimum Gasteiger partial charge on any atom is -0.382 e. The summed E-state index contributed by atoms with van der Waals surface area (Å²) in [5.41, 5.74) is 8.07. The zero-order chi connectivity index (χ0) is 11.8. The van der Waals surface area contributed by atoms with Gasteiger partial charge in [-0.1, -0.05) is 19.8 Å². The molecule has 0 saturated heterocycles. The van der Waals surface area contributed by atoms with Crippen LogP contribution < -0.4 is 5.73 Å². The second-order valence-electron chi connectivity index (χ2n) is 5.16. The number of hydrogen-bond donors (Lipinski definition) is 1. The Balaban J connectivity index is 1.98. The van der Waals surface area contributed by atoms with E-state index in [9.17, 15) is 0 Å². The minimum atomic E-state index is 0.565. The molecular formula is C13H18N4. The molecule has 2 heterocycles. The van der Waals surface area contributed by atoms with Crippen molar-refractivity contribution in [2.24, 2.45) is 5.92 Å². The Bertz CT molecular complexity index is 523. The Morgan fingerprint density at radius 1 is 1.24 bits per heavy atom. The fourth-order valence-corrected chi connectivity index (χ4v) is 2.84. The maximum Gasteiger partial charge on any atom is 0.151 e. The highest BCUT2D eigenvalue weighted by atomic mass is 15.3. The van der Waals surface area contributed by atoms with E-state index in [1.54, 1.807) is 0 Å². The van der Waals surface area contributed by atoms with Gasteiger partial charge < -0.3 is 5.73 Å². The van der Waals surface area contributed by atoms with Gasteiger partial charge in [-0.25, -0.2) is 9.50 Å². The first-order valence-electron chi connectivity index (χ1n) is 6.34. The molecule has 0 spiro atoms. The Hall–Kier alpha value is -1.58. The summed E-state index contributed by atoms with van der Waals surface area (Å²) in [6.07, 6.45) is 6.70. The summed E-state index contributed by atoms with van der Waals surface area (Å²) >= 11 is 0. The van der Waals surface area contributed by atoms with E-state index in [4.69, 9.17) is 5.73 Å². The zero-order valence-corrected chi connectivity index (χ0v) is 10.1. The fraction of sp³-hybridized carbons (Fsp3) is 0.538. The van der Waals surface area contributed by atoms with Crippen molar-refractivity contribution in [1.82, 2.24) is 14.6 Å². The van der Waals surface area contributed by atoms with Crippen LogP contribution in [-0.4, -0.2) is 14.6 Å². The molecule has 0 atom stereocenters. The molecule has 0 aromatic carbocycles. The van der Waals surface area contributed by atoms with Crippen molar-refractivity contribution in [2.45, 2.75) is 38.5 Å². The molecule has 0 amide bonds. The standard InChI is InChI=1S/C13H18N4/c1-9-2-4-10(5-3-9)11-6-7-12-13(14)15-8-16-17(11)12/h6-10H,2-5H2,1H3,(H2,14,15,16). The third-order valence-corrected chi connectivity index (χ3v) is 3.95. The number of nitrogens with zero attached hydrogens (tertiary/aromatic N) is 3. The molecule has 90 valence electrons. The highest BCUT2D eigenvalue weighted by Gasteiger charge is 2.22. The van der Waals surface area contributed by atoms with Crippen LogP contribution in [0.2, 0.25) is 0 Å². The van der Waals surface area contributed by atoms with Crippen molar-refractivity contribution in [1.29, 1.82) is 0 Å². The smallest absolute Gasteiger partial charge is 0.151 e. The topological polar surface area (TPSA) is 56.2 Å². The average Bonchev–Trinajstić information content (AvgIpc) is 2.75. The van der Waals surface area contributed by atoms with E-state index in [2.05, 4.69) is 23.1 Å². The largest absolute Gasteiger partial charge is 0.382 e. The number of aromatic nitrogens is 3. The van der Waals surface area contributed by atoms with E-state index in [0.29, 0.717) is 11.7 Å². The Labute approximate surface area is 101 Å². The highest BCUT2D eigenvalue weighted by Crippen LogP contribution is 2.36. The van der Waals surface area contributed by atoms with E-state index in [-0.39, 0.29) is 0 Å². The SMILES string of the molecule is CC1CCC(c2ccc3c(N)ncnn23)CC1. The molecule has 1 aliphatic carbocycles. The van der Waals surface area contributed by atoms with Gasteiger partial charge in [-0.2, -0.15) is 5.10 Å². The third-order valence-electron chi connectivity index (χ3n) is 3.95. The van der Waals surface area contributed by atoms with Crippen LogP contribution in [0, 0.1) is 5.92 Å². The zero-order valence-electron chi connectivity index (χ0n) is 10.1. The second kappa shape index (κ2) is 4.02. The first-order chi connectivity index (χ1) is 8.25. The summed E-state index contributed by atoms with van der Waals surface area (Å²) in [5, 5.41) is 4.32. The van der Waals surface area contributed by atoms with Gasteiger partial charge in [-0.15, -0.1) is 0 Å². The molecule has 3 rings (SSSR count).